The van der Waals surface area contributed by atoms with E-state index in [0.717, 1.165) is 10.0 Å². The Hall–Kier alpha value is -4.16. The van der Waals surface area contributed by atoms with Gasteiger partial charge in [0.2, 0.25) is 0 Å². The number of amides is 4. The van der Waals surface area contributed by atoms with Gasteiger partial charge in [-0.3, -0.25) is 28.8 Å². The zero-order valence-electron chi connectivity index (χ0n) is 20.3. The Morgan fingerprint density at radius 1 is 0.553 bits per heavy atom. The Morgan fingerprint density at radius 2 is 0.816 bits per heavy atom. The summed E-state index contributed by atoms with van der Waals surface area (Å²) in [5.74, 6) is -5.21. The molecule has 2 aromatic carbocycles. The summed E-state index contributed by atoms with van der Waals surface area (Å²) in [5, 5.41) is 24.3. The highest BCUT2D eigenvalue weighted by Gasteiger charge is 2.44. The second kappa shape index (κ2) is 8.71. The highest BCUT2D eigenvalue weighted by molar-refractivity contribution is 6.33. The van der Waals surface area contributed by atoms with Gasteiger partial charge in [0.1, 0.15) is 0 Å². The molecule has 4 amide bonds. The molecular formula is C26H24N4O8. The molecule has 4 aliphatic heterocycles. The lowest BCUT2D eigenvalue weighted by molar-refractivity contribution is -0.145. The average molecular weight is 520 g/mol. The van der Waals surface area contributed by atoms with Crippen molar-refractivity contribution < 1.29 is 39.0 Å². The number of rotatable bonds is 4. The number of hydrogen-bond donors (Lipinski definition) is 2. The highest BCUT2D eigenvalue weighted by atomic mass is 16.4. The number of benzene rings is 2. The van der Waals surface area contributed by atoms with E-state index in [0.29, 0.717) is 25.7 Å². The van der Waals surface area contributed by atoms with Gasteiger partial charge >= 0.3 is 11.9 Å². The van der Waals surface area contributed by atoms with Crippen LogP contribution < -0.4 is 0 Å². The van der Waals surface area contributed by atoms with Crippen LogP contribution in [0.15, 0.2) is 24.3 Å². The molecule has 196 valence electrons. The Kier molecular flexibility index (Phi) is 5.54. The maximum absolute atomic E-state index is 13.5. The molecule has 12 heteroatoms. The molecule has 2 N–H and O–H groups in total. The number of hydrazine groups is 2. The normalized spacial score (nSPS) is 21.5. The molecule has 0 radical (unpaired) electrons. The first kappa shape index (κ1) is 24.2. The molecule has 2 aromatic rings. The van der Waals surface area contributed by atoms with Crippen molar-refractivity contribution in [1.82, 2.24) is 20.0 Å². The zero-order chi connectivity index (χ0) is 26.9. The maximum Gasteiger partial charge on any atom is 0.306 e. The van der Waals surface area contributed by atoms with Gasteiger partial charge < -0.3 is 10.2 Å². The maximum atomic E-state index is 13.5. The van der Waals surface area contributed by atoms with Crippen molar-refractivity contribution in [2.24, 2.45) is 11.8 Å². The quantitative estimate of drug-likeness (QED) is 0.566. The number of hydrogen-bond acceptors (Lipinski definition) is 8. The summed E-state index contributed by atoms with van der Waals surface area (Å²) in [6, 6.07) is 5.94. The summed E-state index contributed by atoms with van der Waals surface area (Å²) in [4.78, 5) is 76.8. The smallest absolute Gasteiger partial charge is 0.306 e. The Bertz CT molecular complexity index is 1270. The molecule has 0 saturated carbocycles. The van der Waals surface area contributed by atoms with Crippen molar-refractivity contribution >= 4 is 46.3 Å². The van der Waals surface area contributed by atoms with Crippen molar-refractivity contribution in [1.29, 1.82) is 0 Å². The van der Waals surface area contributed by atoms with Gasteiger partial charge in [0, 0.05) is 37.0 Å². The van der Waals surface area contributed by atoms with Crippen LogP contribution in [-0.4, -0.2) is 92.0 Å². The largest absolute Gasteiger partial charge is 0.481 e. The fraction of sp³-hybridized carbons (Fsp3) is 0.385. The molecule has 2 fully saturated rings. The van der Waals surface area contributed by atoms with Crippen molar-refractivity contribution in [2.75, 3.05) is 26.2 Å². The van der Waals surface area contributed by atoms with Gasteiger partial charge in [0.05, 0.1) is 34.1 Å². The molecule has 6 rings (SSSR count). The van der Waals surface area contributed by atoms with Crippen LogP contribution in [0.3, 0.4) is 0 Å². The van der Waals surface area contributed by atoms with E-state index in [-0.39, 0.29) is 59.2 Å². The summed E-state index contributed by atoms with van der Waals surface area (Å²) in [7, 11) is 0. The average Bonchev–Trinajstić information content (AvgIpc) is 2.91. The van der Waals surface area contributed by atoms with Crippen LogP contribution in [0.4, 0.5) is 0 Å². The molecule has 0 atom stereocenters. The third-order valence-electron chi connectivity index (χ3n) is 8.06. The lowest BCUT2D eigenvalue weighted by atomic mass is 9.86. The van der Waals surface area contributed by atoms with Crippen molar-refractivity contribution in [3.05, 3.63) is 46.5 Å². The minimum Gasteiger partial charge on any atom is -0.481 e. The molecule has 4 heterocycles. The van der Waals surface area contributed by atoms with Crippen molar-refractivity contribution in [3.8, 4) is 0 Å². The van der Waals surface area contributed by atoms with Crippen LogP contribution in [-0.2, 0) is 9.59 Å². The minimum atomic E-state index is -0.903. The summed E-state index contributed by atoms with van der Waals surface area (Å²) in [6.07, 6.45) is 1.20. The van der Waals surface area contributed by atoms with Crippen LogP contribution in [0.1, 0.15) is 67.1 Å². The monoisotopic (exact) mass is 520 g/mol. The van der Waals surface area contributed by atoms with Gasteiger partial charge in [0.25, 0.3) is 23.6 Å². The molecule has 0 spiro atoms. The Balaban J connectivity index is 1.35. The van der Waals surface area contributed by atoms with Gasteiger partial charge in [-0.15, -0.1) is 0 Å². The van der Waals surface area contributed by atoms with E-state index in [1.807, 2.05) is 0 Å². The standard InChI is InChI=1S/C26H24N4O8/c31-21-15-1-2-16-20-18(24(34)30(22(16)32)28-11-7-14(8-12-28)26(37)38)4-3-17(19(15)20)23(33)29(21)27-9-5-13(6-10-27)25(35)36/h1-4,13-14H,5-12H2,(H,35,36)(H,37,38). The molecule has 2 saturated heterocycles. The van der Waals surface area contributed by atoms with Crippen molar-refractivity contribution in [2.45, 2.75) is 25.7 Å². The number of carbonyl (C=O) groups is 6. The zero-order valence-corrected chi connectivity index (χ0v) is 20.3. The van der Waals surface area contributed by atoms with Crippen LogP contribution >= 0.6 is 0 Å². The number of piperidine rings is 2. The summed E-state index contributed by atoms with van der Waals surface area (Å²) >= 11 is 0. The van der Waals surface area contributed by atoms with E-state index < -0.39 is 47.4 Å². The summed E-state index contributed by atoms with van der Waals surface area (Å²) in [6.45, 7) is 0.919. The Morgan fingerprint density at radius 3 is 1.05 bits per heavy atom. The van der Waals surface area contributed by atoms with Crippen molar-refractivity contribution in [3.63, 3.8) is 0 Å². The fourth-order valence-electron chi connectivity index (χ4n) is 5.99. The predicted octanol–water partition coefficient (Wildman–Crippen LogP) is 1.45. The summed E-state index contributed by atoms with van der Waals surface area (Å²) < 4.78 is 0. The molecule has 0 bridgehead atoms. The second-order valence-corrected chi connectivity index (χ2v) is 10.0. The number of carbonyl (C=O) groups excluding carboxylic acids is 4. The molecule has 4 aliphatic rings. The van der Waals surface area contributed by atoms with Gasteiger partial charge in [-0.2, -0.15) is 0 Å². The SMILES string of the molecule is O=C(O)C1CCN(N2C(=O)c3ccc4c5c(ccc(c35)C2=O)C(=O)N(N2CCC(C(=O)O)CC2)C4=O)CC1. The second-order valence-electron chi connectivity index (χ2n) is 10.0. The molecular weight excluding hydrogens is 496 g/mol. The van der Waals surface area contributed by atoms with Crippen LogP contribution in [0.25, 0.3) is 10.8 Å². The van der Waals surface area contributed by atoms with E-state index in [1.165, 1.54) is 24.3 Å². The fourth-order valence-corrected chi connectivity index (χ4v) is 5.99. The molecule has 12 nitrogen and oxygen atoms in total. The van der Waals surface area contributed by atoms with Crippen LogP contribution in [0.2, 0.25) is 0 Å². The number of nitrogens with zero attached hydrogens (tertiary/aromatic N) is 4. The molecule has 0 aliphatic carbocycles. The van der Waals surface area contributed by atoms with E-state index >= 15 is 0 Å². The number of imide groups is 2. The van der Waals surface area contributed by atoms with E-state index in [1.54, 1.807) is 10.0 Å². The lowest BCUT2D eigenvalue weighted by Gasteiger charge is -2.41. The van der Waals surface area contributed by atoms with E-state index in [9.17, 15) is 39.0 Å². The molecule has 0 unspecified atom stereocenters. The van der Waals surface area contributed by atoms with Gasteiger partial charge in [-0.1, -0.05) is 0 Å². The first-order valence-corrected chi connectivity index (χ1v) is 12.5. The topological polar surface area (TPSA) is 156 Å². The van der Waals surface area contributed by atoms with E-state index in [2.05, 4.69) is 0 Å². The predicted molar refractivity (Wildman–Crippen MR) is 129 cm³/mol. The van der Waals surface area contributed by atoms with Crippen LogP contribution in [0.5, 0.6) is 0 Å². The Labute approximate surface area is 215 Å². The number of carboxylic acids is 2. The van der Waals surface area contributed by atoms with Gasteiger partial charge in [-0.25, -0.2) is 20.0 Å². The van der Waals surface area contributed by atoms with E-state index in [4.69, 9.17) is 0 Å². The first-order chi connectivity index (χ1) is 18.2. The minimum absolute atomic E-state index is 0.192. The molecule has 38 heavy (non-hydrogen) atoms. The van der Waals surface area contributed by atoms with Crippen LogP contribution in [0, 0.1) is 11.8 Å². The number of aliphatic carboxylic acids is 2. The molecule has 0 aromatic heterocycles. The summed E-state index contributed by atoms with van der Waals surface area (Å²) in [5.41, 5.74) is 0.766. The highest BCUT2D eigenvalue weighted by Crippen LogP contribution is 2.39. The first-order valence-electron chi connectivity index (χ1n) is 12.5. The van der Waals surface area contributed by atoms with Gasteiger partial charge in [0.15, 0.2) is 0 Å². The lowest BCUT2D eigenvalue weighted by Crippen LogP contribution is -2.56. The third kappa shape index (κ3) is 3.44. The third-order valence-corrected chi connectivity index (χ3v) is 8.06. The number of carboxylic acid groups (broad SMARTS) is 2. The van der Waals surface area contributed by atoms with Gasteiger partial charge in [-0.05, 0) is 49.9 Å².